The second-order valence-corrected chi connectivity index (χ2v) is 12.3. The summed E-state index contributed by atoms with van der Waals surface area (Å²) in [5, 5.41) is 8.18. The van der Waals surface area contributed by atoms with E-state index in [1.165, 1.54) is 11.8 Å². The monoisotopic (exact) mass is 675 g/mol. The predicted molar refractivity (Wildman–Crippen MR) is 186 cm³/mol. The number of aryl methyl sites for hydroxylation is 1. The lowest BCUT2D eigenvalue weighted by molar-refractivity contribution is -0.116. The first-order valence-electron chi connectivity index (χ1n) is 14.2. The highest BCUT2D eigenvalue weighted by Crippen LogP contribution is 2.37. The maximum atomic E-state index is 13.6. The molecule has 5 rings (SSSR count). The van der Waals surface area contributed by atoms with Gasteiger partial charge in [0.1, 0.15) is 10.9 Å². The van der Waals surface area contributed by atoms with Crippen LogP contribution < -0.4 is 16.0 Å². The van der Waals surface area contributed by atoms with E-state index in [1.807, 2.05) is 110 Å². The van der Waals surface area contributed by atoms with Gasteiger partial charge in [0.15, 0.2) is 0 Å². The molecule has 3 N–H and O–H groups in total. The van der Waals surface area contributed by atoms with Gasteiger partial charge in [-0.15, -0.1) is 11.8 Å². The van der Waals surface area contributed by atoms with Crippen molar-refractivity contribution in [2.24, 2.45) is 0 Å². The average Bonchev–Trinajstić information content (AvgIpc) is 3.04. The molecule has 0 saturated carbocycles. The standard InChI is InChI=1S/C37H30BrN3O3S/c1-25-11-8-18-30(21-25)40-37(44)34(27-13-4-2-5-14-27)45-32-20-10-19-31(24-32)39-36(43)33(23-26-12-9-17-29(38)22-26)41-35(42)28-15-6-3-7-16-28/h2-24,34H,1H3,(H,39,43)(H,40,44)(H,41,42)/b33-23+. The van der Waals surface area contributed by atoms with Gasteiger partial charge in [-0.05, 0) is 84.3 Å². The van der Waals surface area contributed by atoms with Crippen molar-refractivity contribution in [2.75, 3.05) is 10.6 Å². The van der Waals surface area contributed by atoms with Gasteiger partial charge < -0.3 is 16.0 Å². The number of rotatable bonds is 10. The zero-order chi connectivity index (χ0) is 31.6. The third kappa shape index (κ3) is 9.04. The molecule has 8 heteroatoms. The topological polar surface area (TPSA) is 87.3 Å². The van der Waals surface area contributed by atoms with Crippen LogP contribution in [0, 0.1) is 6.92 Å². The Hall–Kier alpha value is -4.92. The van der Waals surface area contributed by atoms with Crippen LogP contribution >= 0.6 is 27.7 Å². The second-order valence-electron chi connectivity index (χ2n) is 10.2. The first-order valence-corrected chi connectivity index (χ1v) is 15.9. The molecule has 0 radical (unpaired) electrons. The number of thioether (sulfide) groups is 1. The van der Waals surface area contributed by atoms with Gasteiger partial charge in [0.05, 0.1) is 0 Å². The van der Waals surface area contributed by atoms with Gasteiger partial charge in [0.2, 0.25) is 5.91 Å². The Morgan fingerprint density at radius 3 is 2.09 bits per heavy atom. The van der Waals surface area contributed by atoms with E-state index in [2.05, 4.69) is 31.9 Å². The molecule has 0 heterocycles. The summed E-state index contributed by atoms with van der Waals surface area (Å²) in [7, 11) is 0. The van der Waals surface area contributed by atoms with E-state index in [9.17, 15) is 14.4 Å². The van der Waals surface area contributed by atoms with Crippen molar-refractivity contribution in [1.29, 1.82) is 0 Å². The van der Waals surface area contributed by atoms with E-state index >= 15 is 0 Å². The van der Waals surface area contributed by atoms with Gasteiger partial charge in [0.25, 0.3) is 11.8 Å². The zero-order valence-corrected chi connectivity index (χ0v) is 26.8. The summed E-state index contributed by atoms with van der Waals surface area (Å²) < 4.78 is 0.842. The van der Waals surface area contributed by atoms with Crippen molar-refractivity contribution >= 4 is 62.9 Å². The molecule has 5 aromatic carbocycles. The molecule has 5 aromatic rings. The Morgan fingerprint density at radius 1 is 0.711 bits per heavy atom. The lowest BCUT2D eigenvalue weighted by Crippen LogP contribution is -2.30. The normalized spacial score (nSPS) is 11.7. The Balaban J connectivity index is 1.37. The summed E-state index contributed by atoms with van der Waals surface area (Å²) in [5.74, 6) is -1.05. The summed E-state index contributed by atoms with van der Waals surface area (Å²) in [6, 6.07) is 40.7. The molecular formula is C37H30BrN3O3S. The molecule has 1 atom stereocenters. The van der Waals surface area contributed by atoms with Crippen LogP contribution in [0.15, 0.2) is 149 Å². The number of carbonyl (C=O) groups excluding carboxylic acids is 3. The van der Waals surface area contributed by atoms with Gasteiger partial charge >= 0.3 is 0 Å². The fourth-order valence-electron chi connectivity index (χ4n) is 4.52. The molecule has 0 bridgehead atoms. The number of anilines is 2. The second kappa shape index (κ2) is 15.2. The van der Waals surface area contributed by atoms with Gasteiger partial charge in [-0.25, -0.2) is 0 Å². The number of halogens is 1. The van der Waals surface area contributed by atoms with E-state index in [0.29, 0.717) is 11.3 Å². The minimum Gasteiger partial charge on any atom is -0.325 e. The summed E-state index contributed by atoms with van der Waals surface area (Å²) in [4.78, 5) is 40.9. The van der Waals surface area contributed by atoms with E-state index in [0.717, 1.165) is 31.7 Å². The van der Waals surface area contributed by atoms with E-state index in [-0.39, 0.29) is 11.6 Å². The van der Waals surface area contributed by atoms with E-state index in [4.69, 9.17) is 0 Å². The highest BCUT2D eigenvalue weighted by molar-refractivity contribution is 9.10. The molecule has 3 amide bonds. The third-order valence-electron chi connectivity index (χ3n) is 6.66. The van der Waals surface area contributed by atoms with Crippen molar-refractivity contribution in [2.45, 2.75) is 17.1 Å². The molecule has 0 spiro atoms. The van der Waals surface area contributed by atoms with Crippen LogP contribution in [0.3, 0.4) is 0 Å². The summed E-state index contributed by atoms with van der Waals surface area (Å²) in [6.45, 7) is 1.98. The summed E-state index contributed by atoms with van der Waals surface area (Å²) in [5.41, 5.74) is 4.39. The Labute approximate surface area is 275 Å². The Bertz CT molecular complexity index is 1840. The maximum Gasteiger partial charge on any atom is 0.272 e. The van der Waals surface area contributed by atoms with Gasteiger partial charge in [-0.2, -0.15) is 0 Å². The first-order chi connectivity index (χ1) is 21.8. The highest BCUT2D eigenvalue weighted by Gasteiger charge is 2.23. The van der Waals surface area contributed by atoms with Crippen LogP contribution in [0.2, 0.25) is 0 Å². The number of hydrogen-bond acceptors (Lipinski definition) is 4. The molecule has 0 aliphatic rings. The molecule has 0 aromatic heterocycles. The van der Waals surface area contributed by atoms with Crippen LogP contribution in [-0.4, -0.2) is 17.7 Å². The Kier molecular flexibility index (Phi) is 10.6. The minimum atomic E-state index is -0.546. The average molecular weight is 677 g/mol. The van der Waals surface area contributed by atoms with Crippen molar-refractivity contribution in [3.8, 4) is 0 Å². The largest absolute Gasteiger partial charge is 0.325 e. The van der Waals surface area contributed by atoms with Crippen molar-refractivity contribution in [3.63, 3.8) is 0 Å². The summed E-state index contributed by atoms with van der Waals surface area (Å²) >= 11 is 4.84. The smallest absolute Gasteiger partial charge is 0.272 e. The lowest BCUT2D eigenvalue weighted by Gasteiger charge is -2.18. The van der Waals surface area contributed by atoms with Crippen LogP contribution in [-0.2, 0) is 9.59 Å². The van der Waals surface area contributed by atoms with Crippen LogP contribution in [0.5, 0.6) is 0 Å². The molecule has 0 aliphatic carbocycles. The summed E-state index contributed by atoms with van der Waals surface area (Å²) in [6.07, 6.45) is 1.63. The molecule has 45 heavy (non-hydrogen) atoms. The molecule has 224 valence electrons. The van der Waals surface area contributed by atoms with Crippen LogP contribution in [0.1, 0.15) is 32.3 Å². The van der Waals surface area contributed by atoms with Crippen molar-refractivity contribution in [3.05, 3.63) is 166 Å². The zero-order valence-electron chi connectivity index (χ0n) is 24.4. The van der Waals surface area contributed by atoms with Crippen molar-refractivity contribution < 1.29 is 14.4 Å². The number of hydrogen-bond donors (Lipinski definition) is 3. The van der Waals surface area contributed by atoms with E-state index in [1.54, 1.807) is 36.4 Å². The fraction of sp³-hybridized carbons (Fsp3) is 0.0541. The maximum absolute atomic E-state index is 13.6. The highest BCUT2D eigenvalue weighted by atomic mass is 79.9. The number of carbonyl (C=O) groups is 3. The quantitative estimate of drug-likeness (QED) is 0.102. The molecule has 1 unspecified atom stereocenters. The van der Waals surface area contributed by atoms with Gasteiger partial charge in [0, 0.05) is 26.3 Å². The number of benzene rings is 5. The number of nitrogens with one attached hydrogen (secondary N) is 3. The molecular weight excluding hydrogens is 646 g/mol. The molecule has 0 fully saturated rings. The number of amides is 3. The first kappa shape index (κ1) is 31.5. The predicted octanol–water partition coefficient (Wildman–Crippen LogP) is 8.64. The third-order valence-corrected chi connectivity index (χ3v) is 8.40. The van der Waals surface area contributed by atoms with E-state index < -0.39 is 17.1 Å². The Morgan fingerprint density at radius 2 is 1.38 bits per heavy atom. The van der Waals surface area contributed by atoms with Gasteiger partial charge in [-0.1, -0.05) is 94.8 Å². The molecule has 0 aliphatic heterocycles. The minimum absolute atomic E-state index is 0.0831. The van der Waals surface area contributed by atoms with Gasteiger partial charge in [-0.3, -0.25) is 14.4 Å². The lowest BCUT2D eigenvalue weighted by atomic mass is 10.1. The van der Waals surface area contributed by atoms with Crippen molar-refractivity contribution in [1.82, 2.24) is 5.32 Å². The molecule has 0 saturated heterocycles. The molecule has 6 nitrogen and oxygen atoms in total. The van der Waals surface area contributed by atoms with Crippen LogP contribution in [0.25, 0.3) is 6.08 Å². The SMILES string of the molecule is Cc1cccc(NC(=O)C(Sc2cccc(NC(=O)/C(=C\c3cccc(Br)c3)NC(=O)c3ccccc3)c2)c2ccccc2)c1. The fourth-order valence-corrected chi connectivity index (χ4v) is 6.02. The van der Waals surface area contributed by atoms with Crippen LogP contribution in [0.4, 0.5) is 11.4 Å².